The molecule has 0 aliphatic rings. The van der Waals surface area contributed by atoms with Crippen LogP contribution in [0.4, 0.5) is 11.4 Å². The van der Waals surface area contributed by atoms with Gasteiger partial charge in [-0.15, -0.1) is 0 Å². The predicted molar refractivity (Wildman–Crippen MR) is 122 cm³/mol. The third-order valence-corrected chi connectivity index (χ3v) is 5.09. The Hall–Kier alpha value is -3.65. The molecule has 3 aromatic rings. The zero-order valence-corrected chi connectivity index (χ0v) is 18.0. The van der Waals surface area contributed by atoms with Gasteiger partial charge in [0.2, 0.25) is 10.0 Å². The minimum absolute atomic E-state index is 0.302. The van der Waals surface area contributed by atoms with Crippen molar-refractivity contribution in [2.24, 2.45) is 0 Å². The molecule has 2 amide bonds. The fraction of sp³-hybridized carbons (Fsp3) is 0.130. The highest BCUT2D eigenvalue weighted by Crippen LogP contribution is 2.20. The van der Waals surface area contributed by atoms with Crippen LogP contribution < -0.4 is 15.4 Å². The Morgan fingerprint density at radius 1 is 0.839 bits per heavy atom. The van der Waals surface area contributed by atoms with Crippen molar-refractivity contribution in [3.63, 3.8) is 0 Å². The van der Waals surface area contributed by atoms with Crippen LogP contribution >= 0.6 is 0 Å². The molecule has 3 N–H and O–H groups in total. The molecule has 31 heavy (non-hydrogen) atoms. The highest BCUT2D eigenvalue weighted by atomic mass is 32.2. The number of nitrogens with one attached hydrogen (secondary N) is 3. The Labute approximate surface area is 181 Å². The number of para-hydroxylation sites is 1. The molecule has 0 saturated carbocycles. The second kappa shape index (κ2) is 9.44. The molecule has 8 heteroatoms. The first-order chi connectivity index (χ1) is 14.7. The maximum Gasteiger partial charge on any atom is 0.255 e. The first-order valence-corrected chi connectivity index (χ1v) is 11.4. The standard InChI is InChI=1S/C23H23N3O4S/c1-16-14-18(12-13-20(16)26-31(2,29)30)22(27)25-21-11-7-6-10-19(21)23(28)24-15-17-8-4-3-5-9-17/h3-14,26H,15H2,1-2H3,(H,24,28)(H,25,27). The molecule has 160 valence electrons. The van der Waals surface area contributed by atoms with Crippen LogP contribution in [0.5, 0.6) is 0 Å². The van der Waals surface area contributed by atoms with Crippen molar-refractivity contribution >= 4 is 33.2 Å². The van der Waals surface area contributed by atoms with E-state index in [4.69, 9.17) is 0 Å². The van der Waals surface area contributed by atoms with Crippen molar-refractivity contribution in [1.82, 2.24) is 5.32 Å². The SMILES string of the molecule is Cc1cc(C(=O)Nc2ccccc2C(=O)NCc2ccccc2)ccc1NS(C)(=O)=O. The molecule has 3 rings (SSSR count). The Bertz CT molecular complexity index is 1210. The molecular formula is C23H23N3O4S. The van der Waals surface area contributed by atoms with Gasteiger partial charge >= 0.3 is 0 Å². The van der Waals surface area contributed by atoms with Crippen LogP contribution in [-0.2, 0) is 16.6 Å². The first-order valence-electron chi connectivity index (χ1n) is 9.54. The summed E-state index contributed by atoms with van der Waals surface area (Å²) in [4.78, 5) is 25.4. The topological polar surface area (TPSA) is 104 Å². The molecule has 0 bridgehead atoms. The Morgan fingerprint density at radius 2 is 1.52 bits per heavy atom. The van der Waals surface area contributed by atoms with E-state index in [1.54, 1.807) is 37.3 Å². The van der Waals surface area contributed by atoms with E-state index in [1.807, 2.05) is 30.3 Å². The number of sulfonamides is 1. The number of aryl methyl sites for hydroxylation is 1. The van der Waals surface area contributed by atoms with Crippen LogP contribution in [0, 0.1) is 6.92 Å². The number of amides is 2. The van der Waals surface area contributed by atoms with E-state index >= 15 is 0 Å². The summed E-state index contributed by atoms with van der Waals surface area (Å²) in [7, 11) is -3.42. The fourth-order valence-corrected chi connectivity index (χ4v) is 3.61. The average Bonchev–Trinajstić information content (AvgIpc) is 2.73. The Balaban J connectivity index is 1.73. The van der Waals surface area contributed by atoms with Crippen LogP contribution in [0.2, 0.25) is 0 Å². The lowest BCUT2D eigenvalue weighted by Gasteiger charge is -2.13. The van der Waals surface area contributed by atoms with Gasteiger partial charge in [0, 0.05) is 12.1 Å². The monoisotopic (exact) mass is 437 g/mol. The van der Waals surface area contributed by atoms with Gasteiger partial charge in [-0.2, -0.15) is 0 Å². The van der Waals surface area contributed by atoms with Gasteiger partial charge in [0.1, 0.15) is 0 Å². The van der Waals surface area contributed by atoms with Crippen LogP contribution in [0.25, 0.3) is 0 Å². The molecule has 0 fully saturated rings. The molecular weight excluding hydrogens is 414 g/mol. The van der Waals surface area contributed by atoms with Crippen molar-refractivity contribution in [2.75, 3.05) is 16.3 Å². The smallest absolute Gasteiger partial charge is 0.255 e. The normalized spacial score (nSPS) is 10.9. The zero-order chi connectivity index (χ0) is 22.4. The number of carbonyl (C=O) groups excluding carboxylic acids is 2. The molecule has 0 saturated heterocycles. The minimum atomic E-state index is -3.42. The van der Waals surface area contributed by atoms with Crippen LogP contribution in [0.3, 0.4) is 0 Å². The van der Waals surface area contributed by atoms with E-state index in [0.29, 0.717) is 34.6 Å². The van der Waals surface area contributed by atoms with E-state index in [0.717, 1.165) is 11.8 Å². The summed E-state index contributed by atoms with van der Waals surface area (Å²) >= 11 is 0. The molecule has 7 nitrogen and oxygen atoms in total. The second-order valence-corrected chi connectivity index (χ2v) is 8.82. The Kier molecular flexibility index (Phi) is 6.71. The number of anilines is 2. The highest BCUT2D eigenvalue weighted by molar-refractivity contribution is 7.92. The van der Waals surface area contributed by atoms with Gasteiger partial charge in [0.15, 0.2) is 0 Å². The van der Waals surface area contributed by atoms with Crippen LogP contribution in [-0.4, -0.2) is 26.5 Å². The fourth-order valence-electron chi connectivity index (χ4n) is 2.98. The average molecular weight is 438 g/mol. The summed E-state index contributed by atoms with van der Waals surface area (Å²) in [6.07, 6.45) is 1.06. The molecule has 0 heterocycles. The number of carbonyl (C=O) groups is 2. The lowest BCUT2D eigenvalue weighted by Crippen LogP contribution is -2.25. The number of rotatable bonds is 7. The molecule has 0 unspecified atom stereocenters. The van der Waals surface area contributed by atoms with E-state index in [2.05, 4.69) is 15.4 Å². The van der Waals surface area contributed by atoms with Gasteiger partial charge < -0.3 is 10.6 Å². The lowest BCUT2D eigenvalue weighted by molar-refractivity contribution is 0.0951. The van der Waals surface area contributed by atoms with Crippen LogP contribution in [0.1, 0.15) is 31.8 Å². The maximum absolute atomic E-state index is 12.7. The summed E-state index contributed by atoms with van der Waals surface area (Å²) in [5.41, 5.74) is 3.05. The highest BCUT2D eigenvalue weighted by Gasteiger charge is 2.15. The van der Waals surface area contributed by atoms with Crippen molar-refractivity contribution in [3.05, 3.63) is 95.1 Å². The van der Waals surface area contributed by atoms with Crippen molar-refractivity contribution < 1.29 is 18.0 Å². The maximum atomic E-state index is 12.7. The van der Waals surface area contributed by atoms with Gasteiger partial charge in [-0.05, 0) is 48.4 Å². The largest absolute Gasteiger partial charge is 0.348 e. The molecule has 0 aliphatic carbocycles. The first kappa shape index (κ1) is 22.0. The Morgan fingerprint density at radius 3 is 2.19 bits per heavy atom. The van der Waals surface area contributed by atoms with Gasteiger partial charge in [-0.25, -0.2) is 8.42 Å². The third-order valence-electron chi connectivity index (χ3n) is 4.50. The number of benzene rings is 3. The quantitative estimate of drug-likeness (QED) is 0.526. The summed E-state index contributed by atoms with van der Waals surface area (Å²) in [5.74, 6) is -0.707. The van der Waals surface area contributed by atoms with Gasteiger partial charge in [0.25, 0.3) is 11.8 Å². The summed E-state index contributed by atoms with van der Waals surface area (Å²) in [6.45, 7) is 2.07. The molecule has 0 radical (unpaired) electrons. The molecule has 0 aliphatic heterocycles. The lowest BCUT2D eigenvalue weighted by atomic mass is 10.1. The summed E-state index contributed by atoms with van der Waals surface area (Å²) in [6, 6.07) is 20.9. The number of hydrogen-bond donors (Lipinski definition) is 3. The minimum Gasteiger partial charge on any atom is -0.348 e. The third kappa shape index (κ3) is 6.16. The van der Waals surface area contributed by atoms with E-state index in [9.17, 15) is 18.0 Å². The van der Waals surface area contributed by atoms with Gasteiger partial charge in [0.05, 0.1) is 23.2 Å². The van der Waals surface area contributed by atoms with E-state index in [-0.39, 0.29) is 5.91 Å². The van der Waals surface area contributed by atoms with Gasteiger partial charge in [-0.3, -0.25) is 14.3 Å². The van der Waals surface area contributed by atoms with E-state index in [1.165, 1.54) is 12.1 Å². The second-order valence-electron chi connectivity index (χ2n) is 7.07. The van der Waals surface area contributed by atoms with Crippen molar-refractivity contribution in [1.29, 1.82) is 0 Å². The van der Waals surface area contributed by atoms with Crippen molar-refractivity contribution in [3.8, 4) is 0 Å². The molecule has 0 spiro atoms. The summed E-state index contributed by atoms with van der Waals surface area (Å²) in [5, 5.41) is 5.61. The number of hydrogen-bond acceptors (Lipinski definition) is 4. The van der Waals surface area contributed by atoms with E-state index < -0.39 is 15.9 Å². The predicted octanol–water partition coefficient (Wildman–Crippen LogP) is 3.55. The van der Waals surface area contributed by atoms with Gasteiger partial charge in [-0.1, -0.05) is 42.5 Å². The zero-order valence-electron chi connectivity index (χ0n) is 17.2. The molecule has 0 atom stereocenters. The molecule has 0 aromatic heterocycles. The molecule has 3 aromatic carbocycles. The van der Waals surface area contributed by atoms with Crippen molar-refractivity contribution in [2.45, 2.75) is 13.5 Å². The summed E-state index contributed by atoms with van der Waals surface area (Å²) < 4.78 is 25.3. The van der Waals surface area contributed by atoms with Crippen LogP contribution in [0.15, 0.2) is 72.8 Å².